The maximum absolute atomic E-state index is 12.5. The van der Waals surface area contributed by atoms with Crippen LogP contribution in [-0.4, -0.2) is 52.9 Å². The normalized spacial score (nSPS) is 19.7. The van der Waals surface area contributed by atoms with Crippen molar-refractivity contribution < 1.29 is 14.6 Å². The van der Waals surface area contributed by atoms with E-state index < -0.39 is 0 Å². The summed E-state index contributed by atoms with van der Waals surface area (Å²) in [6.07, 6.45) is 1.95. The lowest BCUT2D eigenvalue weighted by molar-refractivity contribution is -0.0112. The average molecular weight is 266 g/mol. The number of aromatic nitrogens is 1. The van der Waals surface area contributed by atoms with Crippen LogP contribution in [0, 0.1) is 6.92 Å². The number of ether oxygens (including phenoxy) is 1. The summed E-state index contributed by atoms with van der Waals surface area (Å²) in [5, 5.41) is 8.78. The minimum atomic E-state index is 0.0292. The lowest BCUT2D eigenvalue weighted by atomic mass is 10.1. The molecular formula is C14H22N2O3. The molecule has 1 saturated heterocycles. The fourth-order valence-electron chi connectivity index (χ4n) is 2.47. The summed E-state index contributed by atoms with van der Waals surface area (Å²) in [6, 6.07) is 3.83. The molecule has 0 aromatic carbocycles. The number of likely N-dealkylation sites (tertiary alicyclic amines) is 1. The van der Waals surface area contributed by atoms with Gasteiger partial charge in [0.05, 0.1) is 19.3 Å². The molecule has 1 aromatic heterocycles. The monoisotopic (exact) mass is 266 g/mol. The van der Waals surface area contributed by atoms with Crippen molar-refractivity contribution in [3.8, 4) is 0 Å². The van der Waals surface area contributed by atoms with Gasteiger partial charge in [0.2, 0.25) is 0 Å². The minimum Gasteiger partial charge on any atom is -0.394 e. The van der Waals surface area contributed by atoms with Gasteiger partial charge in [0.1, 0.15) is 5.69 Å². The number of aliphatic hydroxyl groups is 1. The molecule has 1 fully saturated rings. The van der Waals surface area contributed by atoms with Gasteiger partial charge in [-0.15, -0.1) is 0 Å². The Kier molecular flexibility index (Phi) is 4.61. The summed E-state index contributed by atoms with van der Waals surface area (Å²) >= 11 is 0. The number of rotatable bonds is 4. The van der Waals surface area contributed by atoms with E-state index in [9.17, 15) is 4.79 Å². The lowest BCUT2D eigenvalue weighted by Gasteiger charge is -2.32. The van der Waals surface area contributed by atoms with Crippen molar-refractivity contribution in [1.29, 1.82) is 0 Å². The maximum Gasteiger partial charge on any atom is 0.270 e. The third kappa shape index (κ3) is 3.16. The first kappa shape index (κ1) is 14.1. The molecule has 0 saturated carbocycles. The summed E-state index contributed by atoms with van der Waals surface area (Å²) in [6.45, 7) is 3.75. The molecule has 1 amide bonds. The van der Waals surface area contributed by atoms with Crippen molar-refractivity contribution in [3.63, 3.8) is 0 Å². The molecular weight excluding hydrogens is 244 g/mol. The number of carbonyl (C=O) groups is 1. The first-order chi connectivity index (χ1) is 9.13. The zero-order valence-electron chi connectivity index (χ0n) is 11.6. The second-order valence-corrected chi connectivity index (χ2v) is 5.03. The van der Waals surface area contributed by atoms with Gasteiger partial charge in [0, 0.05) is 25.8 Å². The van der Waals surface area contributed by atoms with Crippen LogP contribution in [0.1, 0.15) is 29.0 Å². The summed E-state index contributed by atoms with van der Waals surface area (Å²) in [5.41, 5.74) is 1.80. The first-order valence-electron chi connectivity index (χ1n) is 6.77. The van der Waals surface area contributed by atoms with Gasteiger partial charge in [0.15, 0.2) is 0 Å². The smallest absolute Gasteiger partial charge is 0.270 e. The van der Waals surface area contributed by atoms with E-state index in [0.29, 0.717) is 13.2 Å². The van der Waals surface area contributed by atoms with E-state index in [4.69, 9.17) is 9.84 Å². The zero-order chi connectivity index (χ0) is 13.8. The van der Waals surface area contributed by atoms with Gasteiger partial charge in [-0.25, -0.2) is 0 Å². The third-order valence-corrected chi connectivity index (χ3v) is 3.70. The molecule has 19 heavy (non-hydrogen) atoms. The molecule has 0 spiro atoms. The molecule has 2 heterocycles. The van der Waals surface area contributed by atoms with Gasteiger partial charge in [-0.05, 0) is 31.9 Å². The Morgan fingerprint density at radius 2 is 2.32 bits per heavy atom. The van der Waals surface area contributed by atoms with Crippen LogP contribution in [0.5, 0.6) is 0 Å². The molecule has 5 nitrogen and oxygen atoms in total. The quantitative estimate of drug-likeness (QED) is 0.882. The van der Waals surface area contributed by atoms with Crippen LogP contribution in [0.15, 0.2) is 12.1 Å². The van der Waals surface area contributed by atoms with E-state index >= 15 is 0 Å². The molecule has 1 unspecified atom stereocenters. The molecule has 1 N–H and O–H groups in total. The third-order valence-electron chi connectivity index (χ3n) is 3.70. The standard InChI is InChI=1S/C14H22N2O3/c1-11-5-6-13(15(11)2)14(18)16-7-3-4-12(10-16)19-9-8-17/h5-6,12,17H,3-4,7-10H2,1-2H3. The number of nitrogens with zero attached hydrogens (tertiary/aromatic N) is 2. The van der Waals surface area contributed by atoms with Crippen LogP contribution < -0.4 is 0 Å². The highest BCUT2D eigenvalue weighted by Gasteiger charge is 2.26. The molecule has 2 rings (SSSR count). The topological polar surface area (TPSA) is 54.7 Å². The molecule has 0 bridgehead atoms. The van der Waals surface area contributed by atoms with Crippen LogP contribution >= 0.6 is 0 Å². The lowest BCUT2D eigenvalue weighted by Crippen LogP contribution is -2.44. The second-order valence-electron chi connectivity index (χ2n) is 5.03. The van der Waals surface area contributed by atoms with Gasteiger partial charge >= 0.3 is 0 Å². The largest absolute Gasteiger partial charge is 0.394 e. The number of hydrogen-bond donors (Lipinski definition) is 1. The van der Waals surface area contributed by atoms with Crippen LogP contribution in [0.4, 0.5) is 0 Å². The Hall–Kier alpha value is -1.33. The fourth-order valence-corrected chi connectivity index (χ4v) is 2.47. The fraction of sp³-hybridized carbons (Fsp3) is 0.643. The first-order valence-corrected chi connectivity index (χ1v) is 6.77. The molecule has 5 heteroatoms. The van der Waals surface area contributed by atoms with Gasteiger partial charge < -0.3 is 19.3 Å². The molecule has 106 valence electrons. The van der Waals surface area contributed by atoms with E-state index in [1.807, 2.05) is 35.6 Å². The zero-order valence-corrected chi connectivity index (χ0v) is 11.6. The van der Waals surface area contributed by atoms with E-state index in [0.717, 1.165) is 30.8 Å². The predicted octanol–water partition coefficient (Wildman–Crippen LogP) is 0.947. The summed E-state index contributed by atoms with van der Waals surface area (Å²) in [4.78, 5) is 14.3. The molecule has 1 aliphatic rings. The highest BCUT2D eigenvalue weighted by molar-refractivity contribution is 5.93. The van der Waals surface area contributed by atoms with Crippen molar-refractivity contribution in [2.24, 2.45) is 7.05 Å². The number of hydrogen-bond acceptors (Lipinski definition) is 3. The van der Waals surface area contributed by atoms with Crippen molar-refractivity contribution in [1.82, 2.24) is 9.47 Å². The molecule has 1 aromatic rings. The number of aliphatic hydroxyl groups excluding tert-OH is 1. The van der Waals surface area contributed by atoms with Crippen LogP contribution in [0.2, 0.25) is 0 Å². The van der Waals surface area contributed by atoms with Crippen molar-refractivity contribution in [2.75, 3.05) is 26.3 Å². The molecule has 0 aliphatic carbocycles. The van der Waals surface area contributed by atoms with Gasteiger partial charge in [0.25, 0.3) is 5.91 Å². The second kappa shape index (κ2) is 6.21. The van der Waals surface area contributed by atoms with Crippen molar-refractivity contribution >= 4 is 5.91 Å². The van der Waals surface area contributed by atoms with E-state index in [-0.39, 0.29) is 18.6 Å². The number of carbonyl (C=O) groups excluding carboxylic acids is 1. The summed E-state index contributed by atoms with van der Waals surface area (Å²) < 4.78 is 7.45. The van der Waals surface area contributed by atoms with E-state index in [2.05, 4.69) is 0 Å². The summed E-state index contributed by atoms with van der Waals surface area (Å²) in [7, 11) is 1.91. The van der Waals surface area contributed by atoms with Crippen LogP contribution in [-0.2, 0) is 11.8 Å². The Morgan fingerprint density at radius 1 is 1.53 bits per heavy atom. The highest BCUT2D eigenvalue weighted by Crippen LogP contribution is 2.17. The Bertz CT molecular complexity index is 442. The van der Waals surface area contributed by atoms with Crippen molar-refractivity contribution in [3.05, 3.63) is 23.5 Å². The van der Waals surface area contributed by atoms with Crippen LogP contribution in [0.25, 0.3) is 0 Å². The Morgan fingerprint density at radius 3 is 2.95 bits per heavy atom. The highest BCUT2D eigenvalue weighted by atomic mass is 16.5. The number of amides is 1. The average Bonchev–Trinajstić information content (AvgIpc) is 2.76. The molecule has 0 radical (unpaired) electrons. The van der Waals surface area contributed by atoms with Crippen LogP contribution in [0.3, 0.4) is 0 Å². The van der Waals surface area contributed by atoms with Gasteiger partial charge in [-0.3, -0.25) is 4.79 Å². The Balaban J connectivity index is 2.01. The number of aryl methyl sites for hydroxylation is 1. The molecule has 1 aliphatic heterocycles. The minimum absolute atomic E-state index is 0.0292. The van der Waals surface area contributed by atoms with Crippen molar-refractivity contribution in [2.45, 2.75) is 25.9 Å². The number of piperidine rings is 1. The molecule has 1 atom stereocenters. The SMILES string of the molecule is Cc1ccc(C(=O)N2CCCC(OCCO)C2)n1C. The van der Waals surface area contributed by atoms with Gasteiger partial charge in [-0.1, -0.05) is 0 Å². The van der Waals surface area contributed by atoms with E-state index in [1.165, 1.54) is 0 Å². The van der Waals surface area contributed by atoms with E-state index in [1.54, 1.807) is 0 Å². The Labute approximate surface area is 113 Å². The van der Waals surface area contributed by atoms with Gasteiger partial charge in [-0.2, -0.15) is 0 Å². The summed E-state index contributed by atoms with van der Waals surface area (Å²) in [5.74, 6) is 0.0629. The predicted molar refractivity (Wildman–Crippen MR) is 72.1 cm³/mol. The maximum atomic E-state index is 12.5.